The molecule has 0 N–H and O–H groups in total. The molecule has 3 heteroatoms. The summed E-state index contributed by atoms with van der Waals surface area (Å²) in [7, 11) is 0. The Kier molecular flexibility index (Phi) is 5.63. The van der Waals surface area contributed by atoms with Gasteiger partial charge in [-0.05, 0) is 0 Å². The van der Waals surface area contributed by atoms with Gasteiger partial charge in [-0.25, -0.2) is 0 Å². The summed E-state index contributed by atoms with van der Waals surface area (Å²) < 4.78 is 0.991. The molecule has 2 aromatic rings. The Balaban J connectivity index is 2.35. The van der Waals surface area contributed by atoms with Gasteiger partial charge < -0.3 is 0 Å². The fourth-order valence-corrected chi connectivity index (χ4v) is 2.91. The number of aliphatic imine (C=N–C) groups is 1. The molecule has 0 fully saturated rings. The van der Waals surface area contributed by atoms with Gasteiger partial charge in [-0.3, -0.25) is 0 Å². The first kappa shape index (κ1) is 15.1. The predicted octanol–water partition coefficient (Wildman–Crippen LogP) is 4.12. The fourth-order valence-electron chi connectivity index (χ4n) is 2.32. The standard InChI is InChI=1S/C17H21N2Se/c1-3-12-19(13-4-2)17(20)18-16-11-7-9-14-8-5-6-10-15(14)16/h5-11H,3-4,12-13H2,1-2H3. The van der Waals surface area contributed by atoms with E-state index in [1.54, 1.807) is 0 Å². The molecule has 1 radical (unpaired) electrons. The second-order valence-electron chi connectivity index (χ2n) is 4.88. The Morgan fingerprint density at radius 3 is 2.35 bits per heavy atom. The van der Waals surface area contributed by atoms with E-state index >= 15 is 0 Å². The molecule has 20 heavy (non-hydrogen) atoms. The predicted molar refractivity (Wildman–Crippen MR) is 89.0 cm³/mol. The van der Waals surface area contributed by atoms with Crippen LogP contribution in [0.5, 0.6) is 0 Å². The van der Waals surface area contributed by atoms with Crippen LogP contribution >= 0.6 is 0 Å². The Morgan fingerprint density at radius 1 is 1.00 bits per heavy atom. The Labute approximate surface area is 129 Å². The maximum atomic E-state index is 4.81. The SMILES string of the molecule is CCCN(CCC)C([Se])=Nc1cccc2ccccc12. The molecule has 105 valence electrons. The van der Waals surface area contributed by atoms with Crippen molar-refractivity contribution in [1.82, 2.24) is 4.90 Å². The van der Waals surface area contributed by atoms with Gasteiger partial charge in [-0.1, -0.05) is 0 Å². The van der Waals surface area contributed by atoms with E-state index in [4.69, 9.17) is 4.99 Å². The van der Waals surface area contributed by atoms with E-state index in [1.807, 2.05) is 0 Å². The minimum absolute atomic E-state index is 0.991. The Morgan fingerprint density at radius 2 is 1.65 bits per heavy atom. The van der Waals surface area contributed by atoms with Gasteiger partial charge in [0.15, 0.2) is 0 Å². The number of nitrogens with zero attached hydrogens (tertiary/aromatic N) is 2. The second-order valence-corrected chi connectivity index (χ2v) is 5.65. The van der Waals surface area contributed by atoms with Crippen molar-refractivity contribution in [3.05, 3.63) is 42.5 Å². The quantitative estimate of drug-likeness (QED) is 0.457. The maximum absolute atomic E-state index is 4.81. The van der Waals surface area contributed by atoms with Crippen LogP contribution in [-0.2, 0) is 0 Å². The fraction of sp³-hybridized carbons (Fsp3) is 0.353. The zero-order chi connectivity index (χ0) is 14.4. The summed E-state index contributed by atoms with van der Waals surface area (Å²) in [6, 6.07) is 14.7. The number of hydrogen-bond acceptors (Lipinski definition) is 1. The van der Waals surface area contributed by atoms with Crippen LogP contribution in [0.2, 0.25) is 0 Å². The molecule has 0 heterocycles. The van der Waals surface area contributed by atoms with Crippen LogP contribution in [0.4, 0.5) is 5.69 Å². The van der Waals surface area contributed by atoms with Crippen molar-refractivity contribution in [2.45, 2.75) is 26.7 Å². The summed E-state index contributed by atoms with van der Waals surface area (Å²) in [6.45, 7) is 6.50. The molecule has 0 unspecified atom stereocenters. The molecule has 0 bridgehead atoms. The molecule has 2 nitrogen and oxygen atoms in total. The van der Waals surface area contributed by atoms with Crippen LogP contribution in [0.25, 0.3) is 10.8 Å². The van der Waals surface area contributed by atoms with Crippen molar-refractivity contribution in [1.29, 1.82) is 0 Å². The molecule has 0 aromatic heterocycles. The topological polar surface area (TPSA) is 15.6 Å². The summed E-state index contributed by atoms with van der Waals surface area (Å²) >= 11 is 3.14. The summed E-state index contributed by atoms with van der Waals surface area (Å²) in [4.78, 5) is 7.13. The normalized spacial score (nSPS) is 11.8. The molecule has 0 saturated heterocycles. The van der Waals surface area contributed by atoms with Crippen LogP contribution in [-0.4, -0.2) is 38.7 Å². The number of hydrogen-bond donors (Lipinski definition) is 0. The number of fused-ring (bicyclic) bond motifs is 1. The average molecular weight is 332 g/mol. The molecule has 0 aliphatic carbocycles. The van der Waals surface area contributed by atoms with Gasteiger partial charge in [0.25, 0.3) is 0 Å². The van der Waals surface area contributed by atoms with Gasteiger partial charge in [0.1, 0.15) is 0 Å². The molecule has 0 aliphatic heterocycles. The Bertz CT molecular complexity index is 581. The number of rotatable bonds is 5. The molecule has 2 rings (SSSR count). The van der Waals surface area contributed by atoms with Gasteiger partial charge in [0, 0.05) is 0 Å². The van der Waals surface area contributed by atoms with Crippen LogP contribution < -0.4 is 0 Å². The number of benzene rings is 2. The van der Waals surface area contributed by atoms with Crippen LogP contribution in [0.15, 0.2) is 47.5 Å². The van der Waals surface area contributed by atoms with Gasteiger partial charge in [-0.2, -0.15) is 0 Å². The molecule has 0 aliphatic rings. The third-order valence-electron chi connectivity index (χ3n) is 3.24. The third-order valence-corrected chi connectivity index (χ3v) is 3.97. The number of amidine groups is 1. The van der Waals surface area contributed by atoms with E-state index in [2.05, 4.69) is 77.2 Å². The third kappa shape index (κ3) is 3.62. The van der Waals surface area contributed by atoms with E-state index in [0.717, 1.165) is 36.4 Å². The summed E-state index contributed by atoms with van der Waals surface area (Å²) in [5.41, 5.74) is 1.04. The zero-order valence-electron chi connectivity index (χ0n) is 12.2. The van der Waals surface area contributed by atoms with Crippen molar-refractivity contribution < 1.29 is 0 Å². The van der Waals surface area contributed by atoms with Crippen molar-refractivity contribution in [3.8, 4) is 0 Å². The van der Waals surface area contributed by atoms with Gasteiger partial charge >= 0.3 is 129 Å². The molecule has 0 amide bonds. The first-order chi connectivity index (χ1) is 9.76. The average Bonchev–Trinajstić information content (AvgIpc) is 2.47. The van der Waals surface area contributed by atoms with Gasteiger partial charge in [0.2, 0.25) is 0 Å². The minimum atomic E-state index is 0.991. The second kappa shape index (κ2) is 7.47. The van der Waals surface area contributed by atoms with Crippen molar-refractivity contribution in [2.24, 2.45) is 4.99 Å². The van der Waals surface area contributed by atoms with Crippen molar-refractivity contribution >= 4 is 37.2 Å². The van der Waals surface area contributed by atoms with E-state index in [1.165, 1.54) is 10.8 Å². The molecule has 0 saturated carbocycles. The summed E-state index contributed by atoms with van der Waals surface area (Å²) in [5, 5.41) is 2.44. The van der Waals surface area contributed by atoms with E-state index < -0.39 is 0 Å². The molecular formula is C17H21N2Se. The van der Waals surface area contributed by atoms with Crippen LogP contribution in [0, 0.1) is 0 Å². The molecule has 0 atom stereocenters. The molecule has 2 aromatic carbocycles. The first-order valence-electron chi connectivity index (χ1n) is 7.24. The molecule has 0 spiro atoms. The first-order valence-corrected chi connectivity index (χ1v) is 8.10. The van der Waals surface area contributed by atoms with E-state index in [9.17, 15) is 0 Å². The van der Waals surface area contributed by atoms with Gasteiger partial charge in [0.05, 0.1) is 0 Å². The monoisotopic (exact) mass is 333 g/mol. The van der Waals surface area contributed by atoms with Crippen molar-refractivity contribution in [3.63, 3.8) is 0 Å². The van der Waals surface area contributed by atoms with Gasteiger partial charge in [-0.15, -0.1) is 0 Å². The van der Waals surface area contributed by atoms with E-state index in [-0.39, 0.29) is 0 Å². The van der Waals surface area contributed by atoms with Crippen molar-refractivity contribution in [2.75, 3.05) is 13.1 Å². The Hall–Kier alpha value is -1.31. The zero-order valence-corrected chi connectivity index (χ0v) is 13.9. The molecular weight excluding hydrogens is 311 g/mol. The summed E-state index contributed by atoms with van der Waals surface area (Å²) in [6.07, 6.45) is 2.27. The summed E-state index contributed by atoms with van der Waals surface area (Å²) in [5.74, 6) is 0. The van der Waals surface area contributed by atoms with Crippen LogP contribution in [0.3, 0.4) is 0 Å². The van der Waals surface area contributed by atoms with E-state index in [0.29, 0.717) is 0 Å². The van der Waals surface area contributed by atoms with Crippen LogP contribution in [0.1, 0.15) is 26.7 Å².